The van der Waals surface area contributed by atoms with E-state index >= 15 is 0 Å². The van der Waals surface area contributed by atoms with E-state index in [0.717, 1.165) is 43.5 Å². The quantitative estimate of drug-likeness (QED) is 0.00967. The number of ether oxygens (including phenoxy) is 6. The summed E-state index contributed by atoms with van der Waals surface area (Å²) in [4.78, 5) is 197. The van der Waals surface area contributed by atoms with Gasteiger partial charge in [0.05, 0.1) is 70.1 Å². The van der Waals surface area contributed by atoms with Crippen LogP contribution in [0.3, 0.4) is 0 Å². The van der Waals surface area contributed by atoms with Crippen LogP contribution in [-0.4, -0.2) is 169 Å². The molecule has 6 aromatic rings. The van der Waals surface area contributed by atoms with Gasteiger partial charge in [0.1, 0.15) is 38.5 Å². The summed E-state index contributed by atoms with van der Waals surface area (Å²) >= 11 is 0. The number of fused-ring (bicyclic) bond motifs is 10. The number of Topliss-reactive ketones (excluding diaryl/α,β-unsaturated/α-hetero) is 2. The van der Waals surface area contributed by atoms with Crippen LogP contribution in [0.25, 0.3) is 44.6 Å². The van der Waals surface area contributed by atoms with Crippen molar-refractivity contribution < 1.29 is 91.1 Å². The second kappa shape index (κ2) is 37.0. The zero-order valence-corrected chi connectivity index (χ0v) is 63.7. The first-order valence-electron chi connectivity index (χ1n) is 35.5. The van der Waals surface area contributed by atoms with Gasteiger partial charge in [0.2, 0.25) is 40.7 Å². The van der Waals surface area contributed by atoms with E-state index in [0.29, 0.717) is 33.8 Å². The Morgan fingerprint density at radius 1 is 0.587 bits per heavy atom. The Morgan fingerprint density at radius 2 is 1.07 bits per heavy atom. The maximum atomic E-state index is 14.5. The predicted octanol–water partition coefficient (Wildman–Crippen LogP) is 6.29. The molecule has 8 N–H and O–H groups in total. The molecule has 7 atom stereocenters. The lowest BCUT2D eigenvalue weighted by atomic mass is 9.85. The minimum Gasteiger partial charge on any atom is -0.481 e. The van der Waals surface area contributed by atoms with Crippen molar-refractivity contribution in [1.29, 1.82) is 0 Å². The highest BCUT2D eigenvalue weighted by molar-refractivity contribution is 8.77. The normalized spacial score (nSPS) is 17.0. The van der Waals surface area contributed by atoms with E-state index in [2.05, 4.69) is 26.6 Å². The SMILES string of the molecule is CC[C@]1(OC(=O)OCCSSC[C@@H](NC(C)=O)C(=O)N[C@@H](CCCCNC(=O)[C@@H](CSSCCOC(=O)O[C@]2(CC)C(=O)OCc3c2cc2n(c3=O)Cc3cc4ccccc4nc3-2)NC(C)=O)C(=O)C[C@@H](CCCN)C(=O)N[C@@H](CCC(=O)O)C(C)=O)C(=O)OCc2c1cc1n(c2=O)Cc2cc3ccccc3nc2-1. The summed E-state index contributed by atoms with van der Waals surface area (Å²) < 4.78 is 36.4. The van der Waals surface area contributed by atoms with Crippen molar-refractivity contribution in [3.63, 3.8) is 0 Å². The number of ketones is 2. The van der Waals surface area contributed by atoms with Crippen LogP contribution in [0.4, 0.5) is 9.59 Å². The van der Waals surface area contributed by atoms with E-state index in [1.54, 1.807) is 35.1 Å². The van der Waals surface area contributed by atoms with Gasteiger partial charge in [0.25, 0.3) is 11.1 Å². The Bertz CT molecular complexity index is 4690. The van der Waals surface area contributed by atoms with Gasteiger partial charge in [0, 0.05) is 95.2 Å². The zero-order valence-electron chi connectivity index (χ0n) is 60.5. The molecule has 31 nitrogen and oxygen atoms in total. The Kier molecular flexibility index (Phi) is 27.8. The number of hydrogen-bond acceptors (Lipinski definition) is 27. The molecular weight excluding hydrogens is 1490 g/mol. The van der Waals surface area contributed by atoms with Crippen LogP contribution in [0.1, 0.15) is 132 Å². The minimum absolute atomic E-state index is 0.0240. The number of pyridine rings is 4. The molecule has 8 heterocycles. The maximum absolute atomic E-state index is 14.5. The average molecular weight is 1580 g/mol. The zero-order chi connectivity index (χ0) is 78.3. The summed E-state index contributed by atoms with van der Waals surface area (Å²) in [7, 11) is 4.64. The number of cyclic esters (lactones) is 2. The van der Waals surface area contributed by atoms with Crippen molar-refractivity contribution in [3.05, 3.63) is 127 Å². The smallest absolute Gasteiger partial charge is 0.481 e. The lowest BCUT2D eigenvalue weighted by Crippen LogP contribution is -2.52. The van der Waals surface area contributed by atoms with E-state index < -0.39 is 137 Å². The molecule has 2 aromatic carbocycles. The van der Waals surface area contributed by atoms with Gasteiger partial charge in [-0.3, -0.25) is 47.9 Å². The number of benzene rings is 2. The summed E-state index contributed by atoms with van der Waals surface area (Å²) in [5.41, 5.74) is 6.62. The van der Waals surface area contributed by atoms with E-state index in [1.807, 2.05) is 60.7 Å². The number of nitrogens with one attached hydrogen (secondary N) is 5. The molecule has 0 radical (unpaired) electrons. The van der Waals surface area contributed by atoms with Crippen LogP contribution in [0.15, 0.2) is 82.4 Å². The maximum Gasteiger partial charge on any atom is 0.509 e. The molecular formula is C74H84N10O21S4. The van der Waals surface area contributed by atoms with Crippen molar-refractivity contribution in [2.75, 3.05) is 49.3 Å². The number of unbranched alkanes of at least 4 members (excludes halogenated alkanes) is 1. The topological polar surface area (TPSA) is 436 Å². The monoisotopic (exact) mass is 1580 g/mol. The number of aromatic nitrogens is 4. The fourth-order valence-corrected chi connectivity index (χ4v) is 17.4. The number of aliphatic carboxylic acids is 1. The third-order valence-electron chi connectivity index (χ3n) is 19.0. The number of carboxylic acids is 1. The number of rotatable bonds is 38. The van der Waals surface area contributed by atoms with Crippen LogP contribution in [-0.2, 0) is 114 Å². The number of para-hydroxylation sites is 2. The number of nitrogens with two attached hydrogens (primary N) is 1. The fourth-order valence-electron chi connectivity index (χ4n) is 13.4. The fraction of sp³-hybridized carbons (Fsp3) is 0.459. The van der Waals surface area contributed by atoms with Gasteiger partial charge in [-0.15, -0.1) is 0 Å². The molecule has 0 aliphatic carbocycles. The van der Waals surface area contributed by atoms with Gasteiger partial charge < -0.3 is 75.0 Å². The van der Waals surface area contributed by atoms with Crippen LogP contribution >= 0.6 is 43.2 Å². The molecule has 4 aliphatic heterocycles. The van der Waals surface area contributed by atoms with Gasteiger partial charge in [-0.2, -0.15) is 0 Å². The van der Waals surface area contributed by atoms with Crippen molar-refractivity contribution in [3.8, 4) is 22.8 Å². The van der Waals surface area contributed by atoms with Crippen molar-refractivity contribution in [1.82, 2.24) is 45.7 Å². The number of esters is 2. The highest BCUT2D eigenvalue weighted by atomic mass is 33.1. The van der Waals surface area contributed by atoms with E-state index in [9.17, 15) is 72.2 Å². The van der Waals surface area contributed by atoms with Gasteiger partial charge in [-0.05, 0) is 101 Å². The Labute approximate surface area is 640 Å². The Morgan fingerprint density at radius 3 is 1.54 bits per heavy atom. The third-order valence-corrected chi connectivity index (χ3v) is 23.8. The third kappa shape index (κ3) is 19.2. The van der Waals surface area contributed by atoms with Crippen molar-refractivity contribution >= 4 is 136 Å². The van der Waals surface area contributed by atoms with Crippen LogP contribution in [0.2, 0.25) is 0 Å². The molecule has 5 amide bonds. The number of nitrogens with zero attached hydrogens (tertiary/aromatic N) is 4. The lowest BCUT2D eigenvalue weighted by Gasteiger charge is -2.35. The van der Waals surface area contributed by atoms with E-state index in [-0.39, 0.29) is 149 Å². The second-order valence-electron chi connectivity index (χ2n) is 26.4. The van der Waals surface area contributed by atoms with E-state index in [4.69, 9.17) is 44.1 Å². The van der Waals surface area contributed by atoms with Gasteiger partial charge in [-0.1, -0.05) is 93.4 Å². The molecule has 0 bridgehead atoms. The summed E-state index contributed by atoms with van der Waals surface area (Å²) in [5, 5.41) is 24.4. The summed E-state index contributed by atoms with van der Waals surface area (Å²) in [6.45, 7) is 6.31. The molecule has 0 unspecified atom stereocenters. The molecule has 0 saturated carbocycles. The molecule has 0 spiro atoms. The Hall–Kier alpha value is -9.84. The number of hydrogen-bond donors (Lipinski definition) is 7. The predicted molar refractivity (Wildman–Crippen MR) is 404 cm³/mol. The largest absolute Gasteiger partial charge is 0.509 e. The first-order valence-corrected chi connectivity index (χ1v) is 40.5. The second-order valence-corrected chi connectivity index (χ2v) is 31.6. The summed E-state index contributed by atoms with van der Waals surface area (Å²) in [6.07, 6.45) is -3.03. The van der Waals surface area contributed by atoms with Crippen molar-refractivity contribution in [2.45, 2.75) is 160 Å². The molecule has 0 saturated heterocycles. The molecule has 35 heteroatoms. The van der Waals surface area contributed by atoms with Crippen LogP contribution < -0.4 is 43.4 Å². The Balaban J connectivity index is 0.719. The highest BCUT2D eigenvalue weighted by Gasteiger charge is 2.53. The first-order chi connectivity index (χ1) is 52.3. The number of carbonyl (C=O) groups is 12. The van der Waals surface area contributed by atoms with Gasteiger partial charge >= 0.3 is 30.2 Å². The summed E-state index contributed by atoms with van der Waals surface area (Å²) in [6, 6.07) is 17.4. The molecule has 109 heavy (non-hydrogen) atoms. The van der Waals surface area contributed by atoms with Gasteiger partial charge in [-0.25, -0.2) is 29.1 Å². The minimum atomic E-state index is -2.04. The molecule has 4 aromatic heterocycles. The van der Waals surface area contributed by atoms with Crippen molar-refractivity contribution in [2.24, 2.45) is 11.7 Å². The molecule has 10 rings (SSSR count). The first kappa shape index (κ1) is 81.7. The number of carbonyl (C=O) groups excluding carboxylic acids is 11. The lowest BCUT2D eigenvalue weighted by molar-refractivity contribution is -0.175. The van der Waals surface area contributed by atoms with Crippen LogP contribution in [0, 0.1) is 5.92 Å². The van der Waals surface area contributed by atoms with E-state index in [1.165, 1.54) is 42.4 Å². The summed E-state index contributed by atoms with van der Waals surface area (Å²) in [5.74, 6) is -8.09. The molecule has 0 fully saturated rings. The van der Waals surface area contributed by atoms with Gasteiger partial charge in [0.15, 0.2) is 11.6 Å². The van der Waals surface area contributed by atoms with Crippen LogP contribution in [0.5, 0.6) is 0 Å². The standard InChI is InChI=1S/C74H84N10O21S4/c1-6-73(50-32-58-62-46(29-43-15-8-10-18-53(43)79-62)34-83(58)67(94)48(50)36-102-69(73)96)104-71(98)100-25-27-106-108-38-56(77-41(4)86)65(92)76-24-13-12-20-55(60(88)31-45(17-14-23-75)64(91)81-52(40(3)85)21-22-61(89)90)82-66(93)57(78-42(5)87)39-109-107-28-26-101-72(99)105-74(7-2)51-33-59-63-47(30-44-16-9-11-19-54(44)80-63)35-84(59)68(95)49(51)37-103-70(74)97/h8-11,15-16,18-19,29-30,32-33,45,52,55-57H,6-7,12-14,17,20-28,31,34-39,75H2,1-5H3,(H,76,92)(H,77,86)(H,78,87)(H,81,91)(H,82,93)(H,89,90)/t45-,52+,55+,56-,57-,73+,74-/m1/s1. The molecule has 4 aliphatic rings. The number of carboxylic acid groups (broad SMARTS) is 1. The number of amides is 5. The molecule has 580 valence electrons. The highest BCUT2D eigenvalue weighted by Crippen LogP contribution is 2.44. The average Bonchev–Trinajstić information content (AvgIpc) is 1.66.